The van der Waals surface area contributed by atoms with Crippen molar-refractivity contribution in [2.24, 2.45) is 34.4 Å². The molecular weight excluding hydrogens is 766 g/mol. The summed E-state index contributed by atoms with van der Waals surface area (Å²) in [6.07, 6.45) is -6.57. The molecule has 0 radical (unpaired) electrons. The lowest BCUT2D eigenvalue weighted by molar-refractivity contribution is -0.292. The van der Waals surface area contributed by atoms with Gasteiger partial charge in [0.05, 0.1) is 37.5 Å². The van der Waals surface area contributed by atoms with E-state index in [0.717, 1.165) is 0 Å². The molecule has 4 saturated heterocycles. The average molecular weight is 828 g/mol. The number of nitrogens with one attached hydrogen (secondary N) is 1. The number of rotatable bonds is 7. The number of fused-ring (bicyclic) bond motifs is 4. The van der Waals surface area contributed by atoms with Gasteiger partial charge in [-0.1, -0.05) is 39.8 Å². The number of hydrogen-bond donors (Lipinski definition) is 3. The lowest BCUT2D eigenvalue weighted by atomic mass is 9.73. The predicted molar refractivity (Wildman–Crippen MR) is 213 cm³/mol. The second-order valence-corrected chi connectivity index (χ2v) is 17.3. The minimum Gasteiger partial charge on any atom is -0.458 e. The Morgan fingerprint density at radius 2 is 1.75 bits per heavy atom. The third kappa shape index (κ3) is 9.48. The molecular formula is C42H61N5O12. The second-order valence-electron chi connectivity index (χ2n) is 17.3. The summed E-state index contributed by atoms with van der Waals surface area (Å²) in [5.74, 6) is -6.77. The SMILES string of the molecule is CC[C@H]1OC(=O)[C@H](C)C(=O)[C@H](C)[C@@H](O[C@@H]2O[C@H](C)C[C@H](N(C)C)[C@H]2O)[C@@]2(C)C[C@@H](C)C(=O)[C@H](C)[C@@H]3N(CC(=NCc4cccc(C(N)=O)c4)CNC(=O)O2)C(=O)O[C@@]31C. The van der Waals surface area contributed by atoms with Gasteiger partial charge < -0.3 is 44.7 Å². The Balaban J connectivity index is 1.69. The van der Waals surface area contributed by atoms with Crippen molar-refractivity contribution in [3.63, 3.8) is 0 Å². The normalized spacial score (nSPS) is 38.2. The van der Waals surface area contributed by atoms with E-state index in [2.05, 4.69) is 5.32 Å². The van der Waals surface area contributed by atoms with Crippen LogP contribution in [0.4, 0.5) is 9.59 Å². The van der Waals surface area contributed by atoms with Gasteiger partial charge in [-0.05, 0) is 78.7 Å². The number of alkyl carbamates (subject to hydrolysis) is 1. The number of benzene rings is 1. The number of ether oxygens (including phenoxy) is 5. The molecule has 4 heterocycles. The summed E-state index contributed by atoms with van der Waals surface area (Å²) in [7, 11) is 3.63. The quantitative estimate of drug-likeness (QED) is 0.205. The molecule has 4 aliphatic rings. The Morgan fingerprint density at radius 3 is 2.39 bits per heavy atom. The molecule has 1 aromatic carbocycles. The molecule has 1 aromatic rings. The van der Waals surface area contributed by atoms with Gasteiger partial charge in [0.15, 0.2) is 17.7 Å². The summed E-state index contributed by atoms with van der Waals surface area (Å²) in [4.78, 5) is 91.2. The van der Waals surface area contributed by atoms with E-state index in [1.165, 1.54) is 18.7 Å². The van der Waals surface area contributed by atoms with Gasteiger partial charge in [-0.2, -0.15) is 0 Å². The van der Waals surface area contributed by atoms with E-state index >= 15 is 0 Å². The van der Waals surface area contributed by atoms with Crippen molar-refractivity contribution < 1.29 is 57.6 Å². The fourth-order valence-electron chi connectivity index (χ4n) is 9.35. The van der Waals surface area contributed by atoms with Gasteiger partial charge in [-0.25, -0.2) is 9.59 Å². The van der Waals surface area contributed by atoms with Crippen LogP contribution < -0.4 is 11.1 Å². The number of hydrogen-bond acceptors (Lipinski definition) is 14. The maximum absolute atomic E-state index is 14.8. The number of carbonyl (C=O) groups excluding carboxylic acids is 6. The number of esters is 1. The topological polar surface area (TPSA) is 226 Å². The van der Waals surface area contributed by atoms with Gasteiger partial charge in [0, 0.05) is 29.4 Å². The van der Waals surface area contributed by atoms with Gasteiger partial charge in [0.2, 0.25) is 5.91 Å². The van der Waals surface area contributed by atoms with Crippen LogP contribution in [0.1, 0.15) is 90.6 Å². The summed E-state index contributed by atoms with van der Waals surface area (Å²) in [5, 5.41) is 14.3. The van der Waals surface area contributed by atoms with Crippen molar-refractivity contribution in [3.05, 3.63) is 35.4 Å². The Morgan fingerprint density at radius 1 is 1.05 bits per heavy atom. The van der Waals surface area contributed by atoms with Crippen LogP contribution in [-0.2, 0) is 44.6 Å². The highest BCUT2D eigenvalue weighted by molar-refractivity contribution is 6.00. The average Bonchev–Trinajstić information content (AvgIpc) is 3.44. The Kier molecular flexibility index (Phi) is 13.9. The highest BCUT2D eigenvalue weighted by Crippen LogP contribution is 2.43. The zero-order valence-electron chi connectivity index (χ0n) is 35.8. The van der Waals surface area contributed by atoms with Crippen molar-refractivity contribution >= 4 is 41.3 Å². The Hall–Kier alpha value is -4.45. The fraction of sp³-hybridized carbons (Fsp3) is 0.690. The standard InChI is InChI=1S/C42H61N5O12/c1-11-30-42(8)34-23(4)31(48)21(2)17-41(7,35(24(5)32(49)25(6)37(52)56-30)57-38-33(50)29(46(9)10)15-22(3)55-38)58-39(53)45-19-28(20-47(34)40(54)59-42)44-18-26-13-12-14-27(16-26)36(43)51/h12-14,16,21-25,29-30,33-35,38,50H,11,15,17-20H2,1-10H3,(H2,43,51)(H,45,53)/t21-,22-,23+,24+,25-,29+,30-,33-,34+,35-,38+,41-,42-/m1/s1. The number of nitrogens with zero attached hydrogens (tertiary/aromatic N) is 3. The molecule has 4 aliphatic heterocycles. The molecule has 17 heteroatoms. The van der Waals surface area contributed by atoms with Crippen LogP contribution in [0.25, 0.3) is 0 Å². The predicted octanol–water partition coefficient (Wildman–Crippen LogP) is 3.02. The summed E-state index contributed by atoms with van der Waals surface area (Å²) < 4.78 is 31.2. The first-order valence-electron chi connectivity index (χ1n) is 20.4. The van der Waals surface area contributed by atoms with E-state index in [9.17, 15) is 33.9 Å². The number of primary amides is 1. The van der Waals surface area contributed by atoms with E-state index in [-0.39, 0.29) is 55.6 Å². The Labute approximate surface area is 345 Å². The first kappa shape index (κ1) is 45.6. The van der Waals surface area contributed by atoms with Crippen LogP contribution in [0.5, 0.6) is 0 Å². The molecule has 59 heavy (non-hydrogen) atoms. The molecule has 4 fully saturated rings. The van der Waals surface area contributed by atoms with Gasteiger partial charge in [-0.15, -0.1) is 0 Å². The lowest BCUT2D eigenvalue weighted by Crippen LogP contribution is -2.60. The molecule has 0 unspecified atom stereocenters. The molecule has 5 rings (SSSR count). The van der Waals surface area contributed by atoms with Crippen molar-refractivity contribution in [2.75, 3.05) is 27.2 Å². The first-order valence-corrected chi connectivity index (χ1v) is 20.4. The van der Waals surface area contributed by atoms with Crippen molar-refractivity contribution in [3.8, 4) is 0 Å². The van der Waals surface area contributed by atoms with E-state index < -0.39 is 101 Å². The van der Waals surface area contributed by atoms with Gasteiger partial charge >= 0.3 is 18.2 Å². The smallest absolute Gasteiger partial charge is 0.411 e. The molecule has 0 aromatic heterocycles. The number of cyclic esters (lactones) is 1. The largest absolute Gasteiger partial charge is 0.458 e. The number of aliphatic imine (C=N–C) groups is 1. The molecule has 3 amide bonds. The number of likely N-dealkylation sites (N-methyl/N-ethyl adjacent to an activating group) is 1. The number of aliphatic hydroxyl groups excluding tert-OH is 1. The van der Waals surface area contributed by atoms with Crippen LogP contribution in [0.2, 0.25) is 0 Å². The molecule has 0 spiro atoms. The highest BCUT2D eigenvalue weighted by Gasteiger charge is 2.61. The van der Waals surface area contributed by atoms with E-state index in [4.69, 9.17) is 34.4 Å². The maximum atomic E-state index is 14.8. The minimum absolute atomic E-state index is 0.0277. The number of carbonyl (C=O) groups is 6. The lowest BCUT2D eigenvalue weighted by Gasteiger charge is -2.47. The monoisotopic (exact) mass is 827 g/mol. The van der Waals surface area contributed by atoms with Crippen molar-refractivity contribution in [1.82, 2.24) is 15.1 Å². The number of nitrogens with two attached hydrogens (primary N) is 1. The van der Waals surface area contributed by atoms with Crippen molar-refractivity contribution in [1.29, 1.82) is 0 Å². The zero-order chi connectivity index (χ0) is 43.7. The molecule has 4 N–H and O–H groups in total. The van der Waals surface area contributed by atoms with Crippen molar-refractivity contribution in [2.45, 2.75) is 135 Å². The number of Topliss-reactive ketones (excluding diaryl/α,β-unsaturated/α-hetero) is 2. The Bertz CT molecular complexity index is 1820. The number of aliphatic hydroxyl groups is 1. The number of ketones is 2. The van der Waals surface area contributed by atoms with Gasteiger partial charge in [0.25, 0.3) is 0 Å². The molecule has 17 nitrogen and oxygen atoms in total. The van der Waals surface area contributed by atoms with Crippen LogP contribution >= 0.6 is 0 Å². The summed E-state index contributed by atoms with van der Waals surface area (Å²) in [5.41, 5.74) is 3.35. The van der Waals surface area contributed by atoms with Crippen LogP contribution in [-0.4, -0.2) is 137 Å². The summed E-state index contributed by atoms with van der Waals surface area (Å²) in [6.45, 7) is 12.7. The second kappa shape index (κ2) is 18.0. The summed E-state index contributed by atoms with van der Waals surface area (Å²) in [6, 6.07) is 5.16. The molecule has 13 atom stereocenters. The van der Waals surface area contributed by atoms with Crippen LogP contribution in [0.3, 0.4) is 0 Å². The minimum atomic E-state index is -1.77. The van der Waals surface area contributed by atoms with Gasteiger partial charge in [0.1, 0.15) is 35.6 Å². The van der Waals surface area contributed by atoms with E-state index in [1.807, 2.05) is 25.9 Å². The fourth-order valence-corrected chi connectivity index (χ4v) is 9.35. The van der Waals surface area contributed by atoms with E-state index in [1.54, 1.807) is 58.9 Å². The van der Waals surface area contributed by atoms with Crippen LogP contribution in [0.15, 0.2) is 29.3 Å². The molecule has 2 bridgehead atoms. The highest BCUT2D eigenvalue weighted by atomic mass is 16.7. The third-order valence-electron chi connectivity index (χ3n) is 12.5. The first-order chi connectivity index (χ1) is 27.6. The molecule has 326 valence electrons. The number of amides is 3. The third-order valence-corrected chi connectivity index (χ3v) is 12.5. The molecule has 0 aliphatic carbocycles. The van der Waals surface area contributed by atoms with E-state index in [0.29, 0.717) is 12.0 Å². The molecule has 0 saturated carbocycles. The zero-order valence-corrected chi connectivity index (χ0v) is 35.8. The summed E-state index contributed by atoms with van der Waals surface area (Å²) >= 11 is 0. The van der Waals surface area contributed by atoms with Gasteiger partial charge in [-0.3, -0.25) is 29.1 Å². The van der Waals surface area contributed by atoms with Crippen LogP contribution in [0, 0.1) is 23.7 Å². The maximum Gasteiger partial charge on any atom is 0.411 e.